The molecule has 4 nitrogen and oxygen atoms in total. The summed E-state index contributed by atoms with van der Waals surface area (Å²) in [5.74, 6) is 1.65. The summed E-state index contributed by atoms with van der Waals surface area (Å²) in [5.41, 5.74) is 4.16. The molecule has 1 aromatic heterocycles. The van der Waals surface area contributed by atoms with Crippen LogP contribution in [0.1, 0.15) is 16.8 Å². The van der Waals surface area contributed by atoms with Gasteiger partial charge in [0, 0.05) is 17.7 Å². The fraction of sp³-hybridized carbons (Fsp3) is 0.211. The molecule has 0 saturated carbocycles. The highest BCUT2D eigenvalue weighted by Crippen LogP contribution is 2.27. The highest BCUT2D eigenvalue weighted by atomic mass is 16.5. The molecule has 118 valence electrons. The molecule has 0 spiro atoms. The summed E-state index contributed by atoms with van der Waals surface area (Å²) in [6.45, 7) is 3.29. The average Bonchev–Trinajstić information content (AvgIpc) is 2.96. The van der Waals surface area contributed by atoms with Gasteiger partial charge in [0.15, 0.2) is 5.76 Å². The lowest BCUT2D eigenvalue weighted by Crippen LogP contribution is -2.06. The molecule has 0 fully saturated rings. The zero-order chi connectivity index (χ0) is 16.1. The van der Waals surface area contributed by atoms with Crippen LogP contribution in [0.3, 0.4) is 0 Å². The Morgan fingerprint density at radius 3 is 2.48 bits per heavy atom. The third-order valence-corrected chi connectivity index (χ3v) is 3.73. The van der Waals surface area contributed by atoms with Crippen molar-refractivity contribution in [2.24, 2.45) is 0 Å². The first kappa shape index (κ1) is 15.3. The first-order chi connectivity index (χ1) is 11.3. The molecule has 0 amide bonds. The van der Waals surface area contributed by atoms with Gasteiger partial charge in [0.25, 0.3) is 0 Å². The van der Waals surface area contributed by atoms with Gasteiger partial charge in [0.2, 0.25) is 0 Å². The van der Waals surface area contributed by atoms with E-state index in [2.05, 4.69) is 22.6 Å². The minimum absolute atomic E-state index is 0.563. The molecule has 0 radical (unpaired) electrons. The molecule has 0 unspecified atom stereocenters. The van der Waals surface area contributed by atoms with Gasteiger partial charge in [-0.3, -0.25) is 0 Å². The molecule has 3 rings (SSSR count). The van der Waals surface area contributed by atoms with E-state index in [-0.39, 0.29) is 0 Å². The second-order valence-corrected chi connectivity index (χ2v) is 5.41. The maximum atomic E-state index is 5.80. The summed E-state index contributed by atoms with van der Waals surface area (Å²) < 4.78 is 11.3. The maximum absolute atomic E-state index is 5.80. The van der Waals surface area contributed by atoms with Crippen molar-refractivity contribution >= 4 is 0 Å². The molecule has 1 heterocycles. The molecule has 0 saturated heterocycles. The maximum Gasteiger partial charge on any atom is 0.170 e. The van der Waals surface area contributed by atoms with Crippen molar-refractivity contribution in [3.05, 3.63) is 71.4 Å². The third-order valence-electron chi connectivity index (χ3n) is 3.73. The Morgan fingerprint density at radius 2 is 1.78 bits per heavy atom. The van der Waals surface area contributed by atoms with E-state index in [1.54, 1.807) is 0 Å². The minimum atomic E-state index is 0.563. The lowest BCUT2D eigenvalue weighted by molar-refractivity contribution is 0.306. The number of aromatic nitrogens is 1. The topological polar surface area (TPSA) is 47.3 Å². The highest BCUT2D eigenvalue weighted by molar-refractivity contribution is 5.62. The predicted octanol–water partition coefficient (Wildman–Crippen LogP) is 3.95. The second kappa shape index (κ2) is 7.11. The van der Waals surface area contributed by atoms with Crippen molar-refractivity contribution in [3.63, 3.8) is 0 Å². The van der Waals surface area contributed by atoms with Crippen molar-refractivity contribution in [1.82, 2.24) is 10.5 Å². The summed E-state index contributed by atoms with van der Waals surface area (Å²) in [5, 5.41) is 7.20. The predicted molar refractivity (Wildman–Crippen MR) is 90.2 cm³/mol. The van der Waals surface area contributed by atoms with Crippen molar-refractivity contribution in [1.29, 1.82) is 0 Å². The molecule has 0 aliphatic rings. The quantitative estimate of drug-likeness (QED) is 0.749. The van der Waals surface area contributed by atoms with E-state index in [0.717, 1.165) is 33.9 Å². The van der Waals surface area contributed by atoms with Crippen LogP contribution < -0.4 is 10.1 Å². The number of hydrogen-bond donors (Lipinski definition) is 1. The summed E-state index contributed by atoms with van der Waals surface area (Å²) in [6.07, 6.45) is 0. The number of ether oxygens (including phenoxy) is 1. The number of nitrogens with zero attached hydrogens (tertiary/aromatic N) is 1. The smallest absolute Gasteiger partial charge is 0.170 e. The van der Waals surface area contributed by atoms with E-state index in [9.17, 15) is 0 Å². The van der Waals surface area contributed by atoms with Crippen LogP contribution in [0.5, 0.6) is 5.75 Å². The Balaban J connectivity index is 1.69. The fourth-order valence-electron chi connectivity index (χ4n) is 2.41. The Morgan fingerprint density at radius 1 is 1.04 bits per heavy atom. The van der Waals surface area contributed by atoms with E-state index in [1.807, 2.05) is 56.4 Å². The van der Waals surface area contributed by atoms with Crippen LogP contribution in [0.25, 0.3) is 11.3 Å². The molecule has 4 heteroatoms. The van der Waals surface area contributed by atoms with Crippen LogP contribution in [-0.2, 0) is 13.2 Å². The van der Waals surface area contributed by atoms with Crippen molar-refractivity contribution in [3.8, 4) is 17.1 Å². The molecule has 3 aromatic rings. The van der Waals surface area contributed by atoms with E-state index in [4.69, 9.17) is 9.26 Å². The largest absolute Gasteiger partial charge is 0.489 e. The Bertz CT molecular complexity index is 749. The number of rotatable bonds is 6. The first-order valence-corrected chi connectivity index (χ1v) is 7.65. The van der Waals surface area contributed by atoms with Gasteiger partial charge in [0.1, 0.15) is 18.1 Å². The van der Waals surface area contributed by atoms with Gasteiger partial charge in [-0.1, -0.05) is 35.5 Å². The van der Waals surface area contributed by atoms with Gasteiger partial charge in [0.05, 0.1) is 0 Å². The van der Waals surface area contributed by atoms with E-state index in [1.165, 1.54) is 0 Å². The van der Waals surface area contributed by atoms with Crippen molar-refractivity contribution < 1.29 is 9.26 Å². The molecule has 0 aliphatic heterocycles. The summed E-state index contributed by atoms with van der Waals surface area (Å²) >= 11 is 0. The standard InChI is InChI=1S/C19H20N2O2/c1-14-18(12-20-2)21-23-19(14)16-8-10-17(11-9-16)22-13-15-6-4-3-5-7-15/h3-11,20H,12-13H2,1-2H3. The Labute approximate surface area is 136 Å². The molecule has 0 aliphatic carbocycles. The molecule has 23 heavy (non-hydrogen) atoms. The molecule has 0 atom stereocenters. The number of nitrogens with one attached hydrogen (secondary N) is 1. The van der Waals surface area contributed by atoms with Crippen LogP contribution >= 0.6 is 0 Å². The van der Waals surface area contributed by atoms with Crippen molar-refractivity contribution in [2.75, 3.05) is 7.05 Å². The molecule has 0 bridgehead atoms. The highest BCUT2D eigenvalue weighted by Gasteiger charge is 2.13. The molecular weight excluding hydrogens is 288 g/mol. The van der Waals surface area contributed by atoms with Crippen LogP contribution in [0.4, 0.5) is 0 Å². The van der Waals surface area contributed by atoms with E-state index in [0.29, 0.717) is 13.2 Å². The normalized spacial score (nSPS) is 10.7. The van der Waals surface area contributed by atoms with E-state index >= 15 is 0 Å². The van der Waals surface area contributed by atoms with E-state index < -0.39 is 0 Å². The number of hydrogen-bond acceptors (Lipinski definition) is 4. The van der Waals surface area contributed by atoms with Crippen LogP contribution in [0.2, 0.25) is 0 Å². The minimum Gasteiger partial charge on any atom is -0.489 e. The Hall–Kier alpha value is -2.59. The summed E-state index contributed by atoms with van der Waals surface area (Å²) in [6, 6.07) is 18.0. The average molecular weight is 308 g/mol. The SMILES string of the molecule is CNCc1noc(-c2ccc(OCc3ccccc3)cc2)c1C. The van der Waals surface area contributed by atoms with Gasteiger partial charge in [-0.25, -0.2) is 0 Å². The summed E-state index contributed by atoms with van der Waals surface area (Å²) in [7, 11) is 1.90. The summed E-state index contributed by atoms with van der Waals surface area (Å²) in [4.78, 5) is 0. The van der Waals surface area contributed by atoms with Crippen LogP contribution in [0, 0.1) is 6.92 Å². The zero-order valence-electron chi connectivity index (χ0n) is 13.4. The van der Waals surface area contributed by atoms with Crippen LogP contribution in [-0.4, -0.2) is 12.2 Å². The molecule has 2 aromatic carbocycles. The van der Waals surface area contributed by atoms with Gasteiger partial charge >= 0.3 is 0 Å². The lowest BCUT2D eigenvalue weighted by Gasteiger charge is -2.07. The third kappa shape index (κ3) is 3.60. The lowest BCUT2D eigenvalue weighted by atomic mass is 10.1. The van der Waals surface area contributed by atoms with Gasteiger partial charge in [-0.2, -0.15) is 0 Å². The fourth-order valence-corrected chi connectivity index (χ4v) is 2.41. The first-order valence-electron chi connectivity index (χ1n) is 7.65. The van der Waals surface area contributed by atoms with Crippen molar-refractivity contribution in [2.45, 2.75) is 20.1 Å². The van der Waals surface area contributed by atoms with Gasteiger partial charge in [-0.15, -0.1) is 0 Å². The van der Waals surface area contributed by atoms with Gasteiger partial charge < -0.3 is 14.6 Å². The molecule has 1 N–H and O–H groups in total. The zero-order valence-corrected chi connectivity index (χ0v) is 13.4. The van der Waals surface area contributed by atoms with Crippen LogP contribution in [0.15, 0.2) is 59.1 Å². The monoisotopic (exact) mass is 308 g/mol. The Kier molecular flexibility index (Phi) is 4.74. The van der Waals surface area contributed by atoms with Gasteiger partial charge in [-0.05, 0) is 43.8 Å². The second-order valence-electron chi connectivity index (χ2n) is 5.41. The number of benzene rings is 2. The molecular formula is C19H20N2O2.